The van der Waals surface area contributed by atoms with Crippen LogP contribution in [0.15, 0.2) is 71.6 Å². The predicted octanol–water partition coefficient (Wildman–Crippen LogP) is 4.58. The van der Waals surface area contributed by atoms with Crippen molar-refractivity contribution in [3.05, 3.63) is 72.3 Å². The van der Waals surface area contributed by atoms with Gasteiger partial charge in [-0.1, -0.05) is 18.2 Å². The second-order valence-corrected chi connectivity index (χ2v) is 10.7. The maximum absolute atomic E-state index is 13.9. The van der Waals surface area contributed by atoms with E-state index in [-0.39, 0.29) is 10.9 Å². The first-order chi connectivity index (χ1) is 17.9. The average Bonchev–Trinajstić information content (AvgIpc) is 2.94. The number of benzene rings is 3. The van der Waals surface area contributed by atoms with E-state index >= 15 is 0 Å². The first kappa shape index (κ1) is 26.6. The fourth-order valence-corrected chi connectivity index (χ4v) is 6.46. The standard InChI is InChI=1S/C28H34N2O6S/c1-33-24-16-21(17-25(19-24)34-2)20-29-14-12-22(13-15-29)30(37(31,32)26-8-6-5-7-9-26)23-10-11-27(35-3)28(18-23)36-4/h5-11,16-19,22H,12-15,20H2,1-4H3. The smallest absolute Gasteiger partial charge is 0.264 e. The molecule has 8 nitrogen and oxygen atoms in total. The van der Waals surface area contributed by atoms with Gasteiger partial charge in [0.25, 0.3) is 10.0 Å². The number of hydrogen-bond acceptors (Lipinski definition) is 7. The van der Waals surface area contributed by atoms with Crippen LogP contribution >= 0.6 is 0 Å². The number of anilines is 1. The average molecular weight is 527 g/mol. The van der Waals surface area contributed by atoms with Crippen molar-refractivity contribution in [3.8, 4) is 23.0 Å². The zero-order chi connectivity index (χ0) is 26.4. The maximum Gasteiger partial charge on any atom is 0.264 e. The molecule has 3 aromatic rings. The maximum atomic E-state index is 13.9. The highest BCUT2D eigenvalue weighted by Gasteiger charge is 2.34. The molecule has 0 aromatic heterocycles. The highest BCUT2D eigenvalue weighted by molar-refractivity contribution is 7.92. The number of nitrogens with zero attached hydrogens (tertiary/aromatic N) is 2. The molecule has 1 fully saturated rings. The number of methoxy groups -OCH3 is 4. The van der Waals surface area contributed by atoms with E-state index < -0.39 is 10.0 Å². The van der Waals surface area contributed by atoms with E-state index in [1.165, 1.54) is 0 Å². The van der Waals surface area contributed by atoms with Crippen molar-refractivity contribution in [3.63, 3.8) is 0 Å². The monoisotopic (exact) mass is 526 g/mol. The van der Waals surface area contributed by atoms with Gasteiger partial charge < -0.3 is 18.9 Å². The lowest BCUT2D eigenvalue weighted by atomic mass is 10.0. The summed E-state index contributed by atoms with van der Waals surface area (Å²) in [7, 11) is 2.57. The summed E-state index contributed by atoms with van der Waals surface area (Å²) in [4.78, 5) is 2.59. The Morgan fingerprint density at radius 1 is 0.784 bits per heavy atom. The van der Waals surface area contributed by atoms with Gasteiger partial charge in [-0.2, -0.15) is 0 Å². The molecule has 198 valence electrons. The molecule has 37 heavy (non-hydrogen) atoms. The lowest BCUT2D eigenvalue weighted by molar-refractivity contribution is 0.206. The molecular weight excluding hydrogens is 492 g/mol. The molecule has 0 N–H and O–H groups in total. The van der Waals surface area contributed by atoms with Crippen LogP contribution in [0.5, 0.6) is 23.0 Å². The summed E-state index contributed by atoms with van der Waals surface area (Å²) in [5, 5.41) is 0. The Balaban J connectivity index is 1.59. The topological polar surface area (TPSA) is 77.5 Å². The Kier molecular flexibility index (Phi) is 8.45. The number of ether oxygens (including phenoxy) is 4. The van der Waals surface area contributed by atoms with Crippen LogP contribution in [0.2, 0.25) is 0 Å². The van der Waals surface area contributed by atoms with E-state index in [0.29, 0.717) is 30.0 Å². The lowest BCUT2D eigenvalue weighted by Crippen LogP contribution is -2.47. The van der Waals surface area contributed by atoms with E-state index in [0.717, 1.165) is 36.7 Å². The number of rotatable bonds is 10. The molecule has 3 aromatic carbocycles. The summed E-state index contributed by atoms with van der Waals surface area (Å²) >= 11 is 0. The van der Waals surface area contributed by atoms with Crippen molar-refractivity contribution in [1.82, 2.24) is 4.90 Å². The molecule has 1 aliphatic rings. The number of hydrogen-bond donors (Lipinski definition) is 0. The molecule has 1 heterocycles. The summed E-state index contributed by atoms with van der Waals surface area (Å²) in [5.41, 5.74) is 1.64. The first-order valence-corrected chi connectivity index (χ1v) is 13.6. The minimum absolute atomic E-state index is 0.209. The van der Waals surface area contributed by atoms with Crippen molar-refractivity contribution in [1.29, 1.82) is 0 Å². The third-order valence-corrected chi connectivity index (χ3v) is 8.52. The molecule has 0 spiro atoms. The first-order valence-electron chi connectivity index (χ1n) is 12.2. The largest absolute Gasteiger partial charge is 0.497 e. The molecule has 4 rings (SSSR count). The summed E-state index contributed by atoms with van der Waals surface area (Å²) in [6.07, 6.45) is 1.36. The molecule has 1 aliphatic heterocycles. The van der Waals surface area contributed by atoms with Gasteiger partial charge in [0.15, 0.2) is 11.5 Å². The van der Waals surface area contributed by atoms with Crippen molar-refractivity contribution in [2.75, 3.05) is 45.8 Å². The van der Waals surface area contributed by atoms with Gasteiger partial charge in [-0.05, 0) is 54.8 Å². The minimum Gasteiger partial charge on any atom is -0.497 e. The number of likely N-dealkylation sites (tertiary alicyclic amines) is 1. The van der Waals surface area contributed by atoms with Crippen LogP contribution < -0.4 is 23.3 Å². The van der Waals surface area contributed by atoms with Crippen LogP contribution in [0.3, 0.4) is 0 Å². The predicted molar refractivity (Wildman–Crippen MR) is 143 cm³/mol. The highest BCUT2D eigenvalue weighted by atomic mass is 32.2. The van der Waals surface area contributed by atoms with Crippen LogP contribution in [0.25, 0.3) is 0 Å². The van der Waals surface area contributed by atoms with Crippen molar-refractivity contribution >= 4 is 15.7 Å². The molecule has 0 atom stereocenters. The van der Waals surface area contributed by atoms with Gasteiger partial charge in [0.1, 0.15) is 11.5 Å². The molecule has 0 aliphatic carbocycles. The summed E-state index contributed by atoms with van der Waals surface area (Å²) in [6.45, 7) is 2.22. The van der Waals surface area contributed by atoms with Crippen LogP contribution in [0, 0.1) is 0 Å². The minimum atomic E-state index is -3.81. The van der Waals surface area contributed by atoms with Gasteiger partial charge in [-0.25, -0.2) is 8.42 Å². The third-order valence-electron chi connectivity index (χ3n) is 6.63. The Hall–Kier alpha value is -3.43. The van der Waals surface area contributed by atoms with Crippen molar-refractivity contribution < 1.29 is 27.4 Å². The Morgan fingerprint density at radius 2 is 1.41 bits per heavy atom. The quantitative estimate of drug-likeness (QED) is 0.383. The van der Waals surface area contributed by atoms with E-state index in [2.05, 4.69) is 4.90 Å². The van der Waals surface area contributed by atoms with Crippen LogP contribution in [0.4, 0.5) is 5.69 Å². The second kappa shape index (κ2) is 11.7. The van der Waals surface area contributed by atoms with Crippen LogP contribution in [-0.2, 0) is 16.6 Å². The molecule has 0 amide bonds. The SMILES string of the molecule is COc1cc(CN2CCC(N(c3ccc(OC)c(OC)c3)S(=O)(=O)c3ccccc3)CC2)cc(OC)c1. The van der Waals surface area contributed by atoms with Crippen molar-refractivity contribution in [2.24, 2.45) is 0 Å². The molecule has 0 saturated carbocycles. The number of sulfonamides is 1. The zero-order valence-corrected chi connectivity index (χ0v) is 22.5. The van der Waals surface area contributed by atoms with Gasteiger partial charge in [0.05, 0.1) is 39.0 Å². The summed E-state index contributed by atoms with van der Waals surface area (Å²) in [5.74, 6) is 2.53. The molecule has 9 heteroatoms. The molecule has 1 saturated heterocycles. The van der Waals surface area contributed by atoms with Gasteiger partial charge >= 0.3 is 0 Å². The fourth-order valence-electron chi connectivity index (χ4n) is 4.74. The van der Waals surface area contributed by atoms with E-state index in [9.17, 15) is 8.42 Å². The molecule has 0 radical (unpaired) electrons. The lowest BCUT2D eigenvalue weighted by Gasteiger charge is -2.39. The Bertz CT molecular complexity index is 1270. The van der Waals surface area contributed by atoms with E-state index in [4.69, 9.17) is 18.9 Å². The fraction of sp³-hybridized carbons (Fsp3) is 0.357. The van der Waals surface area contributed by atoms with Gasteiger partial charge in [-0.15, -0.1) is 0 Å². The van der Waals surface area contributed by atoms with E-state index in [1.807, 2.05) is 24.3 Å². The van der Waals surface area contributed by atoms with Crippen molar-refractivity contribution in [2.45, 2.75) is 30.3 Å². The molecule has 0 bridgehead atoms. The summed E-state index contributed by atoms with van der Waals surface area (Å²) in [6, 6.07) is 19.5. The van der Waals surface area contributed by atoms with Crippen LogP contribution in [-0.4, -0.2) is 60.9 Å². The van der Waals surface area contributed by atoms with Gasteiger partial charge in [0.2, 0.25) is 0 Å². The third kappa shape index (κ3) is 5.94. The molecule has 0 unspecified atom stereocenters. The molecular formula is C28H34N2O6S. The second-order valence-electron chi connectivity index (χ2n) is 8.88. The Morgan fingerprint density at radius 3 is 1.97 bits per heavy atom. The normalized spacial score (nSPS) is 14.7. The summed E-state index contributed by atoms with van der Waals surface area (Å²) < 4.78 is 51.0. The van der Waals surface area contributed by atoms with Gasteiger partial charge in [0, 0.05) is 37.8 Å². The Labute approximate surface area is 219 Å². The highest BCUT2D eigenvalue weighted by Crippen LogP contribution is 2.37. The number of piperidine rings is 1. The van der Waals surface area contributed by atoms with E-state index in [1.54, 1.807) is 75.2 Å². The van der Waals surface area contributed by atoms with Gasteiger partial charge in [-0.3, -0.25) is 9.21 Å². The van der Waals surface area contributed by atoms with Crippen LogP contribution in [0.1, 0.15) is 18.4 Å². The zero-order valence-electron chi connectivity index (χ0n) is 21.7.